The quantitative estimate of drug-likeness (QED) is 0.596. The molecule has 0 saturated carbocycles. The molecule has 0 fully saturated rings. The minimum absolute atomic E-state index is 0.0240. The van der Waals surface area contributed by atoms with Crippen LogP contribution in [0.2, 0.25) is 0 Å². The molecule has 0 aliphatic carbocycles. The van der Waals surface area contributed by atoms with Crippen molar-refractivity contribution in [3.05, 3.63) is 83.6 Å². The fourth-order valence-corrected chi connectivity index (χ4v) is 2.92. The van der Waals surface area contributed by atoms with E-state index < -0.39 is 0 Å². The minimum Gasteiger partial charge on any atom is -0.392 e. The standard InChI is InChI=1S/C20H16FN3O/c21-16-3-1-2-14(8-16)9-19-17-10-18(24-20(17)23-12-22-19)15-6-4-13(11-25)5-7-15/h1-8,10,12,25H,9,11H2,(H,22,23,24). The van der Waals surface area contributed by atoms with Gasteiger partial charge in [-0.3, -0.25) is 0 Å². The molecule has 2 heterocycles. The molecule has 0 aliphatic rings. The zero-order valence-corrected chi connectivity index (χ0v) is 13.4. The van der Waals surface area contributed by atoms with Crippen LogP contribution in [-0.4, -0.2) is 20.1 Å². The smallest absolute Gasteiger partial charge is 0.141 e. The lowest BCUT2D eigenvalue weighted by molar-refractivity contribution is 0.282. The second-order valence-electron chi connectivity index (χ2n) is 5.93. The van der Waals surface area contributed by atoms with Gasteiger partial charge in [-0.2, -0.15) is 0 Å². The highest BCUT2D eigenvalue weighted by Crippen LogP contribution is 2.26. The van der Waals surface area contributed by atoms with Gasteiger partial charge in [-0.1, -0.05) is 36.4 Å². The molecule has 4 rings (SSSR count). The van der Waals surface area contributed by atoms with E-state index in [0.717, 1.165) is 39.1 Å². The molecule has 2 aromatic heterocycles. The Balaban J connectivity index is 1.73. The number of rotatable bonds is 4. The number of nitrogens with one attached hydrogen (secondary N) is 1. The molecule has 0 unspecified atom stereocenters. The summed E-state index contributed by atoms with van der Waals surface area (Å²) in [5.41, 5.74) is 5.28. The van der Waals surface area contributed by atoms with Crippen LogP contribution in [0.1, 0.15) is 16.8 Å². The van der Waals surface area contributed by atoms with Crippen molar-refractivity contribution in [2.24, 2.45) is 0 Å². The largest absolute Gasteiger partial charge is 0.392 e. The SMILES string of the molecule is OCc1ccc(-c2cc3c(Cc4cccc(F)c4)ncnc3[nH]2)cc1. The molecule has 0 aliphatic heterocycles. The van der Waals surface area contributed by atoms with Crippen molar-refractivity contribution < 1.29 is 9.50 Å². The van der Waals surface area contributed by atoms with Crippen molar-refractivity contribution in [1.82, 2.24) is 15.0 Å². The van der Waals surface area contributed by atoms with Gasteiger partial charge < -0.3 is 10.1 Å². The summed E-state index contributed by atoms with van der Waals surface area (Å²) in [5, 5.41) is 10.1. The van der Waals surface area contributed by atoms with Crippen molar-refractivity contribution in [2.75, 3.05) is 0 Å². The van der Waals surface area contributed by atoms with Gasteiger partial charge >= 0.3 is 0 Å². The van der Waals surface area contributed by atoms with Crippen LogP contribution in [0.4, 0.5) is 4.39 Å². The van der Waals surface area contributed by atoms with Crippen LogP contribution in [-0.2, 0) is 13.0 Å². The molecule has 0 spiro atoms. The highest BCUT2D eigenvalue weighted by atomic mass is 19.1. The summed E-state index contributed by atoms with van der Waals surface area (Å²) in [6.45, 7) is 0.0240. The first-order valence-corrected chi connectivity index (χ1v) is 8.00. The van der Waals surface area contributed by atoms with Gasteiger partial charge in [0.05, 0.1) is 12.3 Å². The average molecular weight is 333 g/mol. The molecule has 4 aromatic rings. The van der Waals surface area contributed by atoms with Crippen LogP contribution in [0, 0.1) is 5.82 Å². The lowest BCUT2D eigenvalue weighted by atomic mass is 10.1. The molecule has 0 radical (unpaired) electrons. The molecular weight excluding hydrogens is 317 g/mol. The van der Waals surface area contributed by atoms with Gasteiger partial charge in [0.15, 0.2) is 0 Å². The number of nitrogens with zero attached hydrogens (tertiary/aromatic N) is 2. The molecule has 0 amide bonds. The van der Waals surface area contributed by atoms with Gasteiger partial charge in [-0.25, -0.2) is 14.4 Å². The number of aliphatic hydroxyl groups is 1. The third-order valence-electron chi connectivity index (χ3n) is 4.22. The zero-order chi connectivity index (χ0) is 17.2. The van der Waals surface area contributed by atoms with Crippen LogP contribution in [0.5, 0.6) is 0 Å². The molecule has 2 N–H and O–H groups in total. The summed E-state index contributed by atoms with van der Waals surface area (Å²) in [6.07, 6.45) is 2.06. The fraction of sp³-hybridized carbons (Fsp3) is 0.100. The predicted molar refractivity (Wildman–Crippen MR) is 94.5 cm³/mol. The molecule has 5 heteroatoms. The predicted octanol–water partition coefficient (Wildman–Crippen LogP) is 3.85. The second kappa shape index (κ2) is 6.45. The third kappa shape index (κ3) is 3.14. The number of fused-ring (bicyclic) bond motifs is 1. The molecule has 25 heavy (non-hydrogen) atoms. The van der Waals surface area contributed by atoms with Gasteiger partial charge in [0, 0.05) is 17.5 Å². The molecule has 0 atom stereocenters. The zero-order valence-electron chi connectivity index (χ0n) is 13.4. The van der Waals surface area contributed by atoms with Crippen molar-refractivity contribution in [1.29, 1.82) is 0 Å². The number of benzene rings is 2. The number of halogens is 1. The van der Waals surface area contributed by atoms with E-state index in [2.05, 4.69) is 15.0 Å². The Labute approximate surface area is 144 Å². The van der Waals surface area contributed by atoms with E-state index in [9.17, 15) is 4.39 Å². The van der Waals surface area contributed by atoms with E-state index in [-0.39, 0.29) is 12.4 Å². The van der Waals surface area contributed by atoms with Crippen LogP contribution >= 0.6 is 0 Å². The lowest BCUT2D eigenvalue weighted by Gasteiger charge is -2.02. The fourth-order valence-electron chi connectivity index (χ4n) is 2.92. The number of hydrogen-bond donors (Lipinski definition) is 2. The van der Waals surface area contributed by atoms with E-state index in [0.29, 0.717) is 6.42 Å². The topological polar surface area (TPSA) is 61.8 Å². The maximum absolute atomic E-state index is 13.4. The molecule has 124 valence electrons. The van der Waals surface area contributed by atoms with Crippen molar-refractivity contribution >= 4 is 11.0 Å². The first-order valence-electron chi connectivity index (χ1n) is 8.00. The minimum atomic E-state index is -0.249. The Bertz CT molecular complexity index is 1020. The highest BCUT2D eigenvalue weighted by molar-refractivity contribution is 5.85. The third-order valence-corrected chi connectivity index (χ3v) is 4.22. The Morgan fingerprint density at radius 1 is 0.960 bits per heavy atom. The Morgan fingerprint density at radius 3 is 2.56 bits per heavy atom. The molecule has 0 bridgehead atoms. The van der Waals surface area contributed by atoms with Gasteiger partial charge in [-0.15, -0.1) is 0 Å². The number of aliphatic hydroxyl groups excluding tert-OH is 1. The average Bonchev–Trinajstić information content (AvgIpc) is 3.07. The highest BCUT2D eigenvalue weighted by Gasteiger charge is 2.10. The van der Waals surface area contributed by atoms with E-state index >= 15 is 0 Å². The van der Waals surface area contributed by atoms with Crippen LogP contribution in [0.3, 0.4) is 0 Å². The Morgan fingerprint density at radius 2 is 1.80 bits per heavy atom. The molecular formula is C20H16FN3O. The van der Waals surface area contributed by atoms with Crippen LogP contribution < -0.4 is 0 Å². The van der Waals surface area contributed by atoms with Gasteiger partial charge in [-0.05, 0) is 34.9 Å². The van der Waals surface area contributed by atoms with E-state index in [1.165, 1.54) is 18.5 Å². The molecule has 0 saturated heterocycles. The second-order valence-corrected chi connectivity index (χ2v) is 5.93. The van der Waals surface area contributed by atoms with Crippen LogP contribution in [0.25, 0.3) is 22.3 Å². The van der Waals surface area contributed by atoms with E-state index in [4.69, 9.17) is 5.11 Å². The normalized spacial score (nSPS) is 11.1. The summed E-state index contributed by atoms with van der Waals surface area (Å²) < 4.78 is 13.4. The van der Waals surface area contributed by atoms with Crippen LogP contribution in [0.15, 0.2) is 60.9 Å². The number of aromatic nitrogens is 3. The number of hydrogen-bond acceptors (Lipinski definition) is 3. The van der Waals surface area contributed by atoms with Gasteiger partial charge in [0.2, 0.25) is 0 Å². The first-order chi connectivity index (χ1) is 12.2. The molecule has 4 nitrogen and oxygen atoms in total. The Kier molecular flexibility index (Phi) is 3.99. The van der Waals surface area contributed by atoms with Crippen molar-refractivity contribution in [3.63, 3.8) is 0 Å². The molecule has 2 aromatic carbocycles. The van der Waals surface area contributed by atoms with E-state index in [1.807, 2.05) is 36.4 Å². The maximum atomic E-state index is 13.4. The summed E-state index contributed by atoms with van der Waals surface area (Å²) in [4.78, 5) is 12.0. The summed E-state index contributed by atoms with van der Waals surface area (Å²) in [6, 6.07) is 16.2. The Hall–Kier alpha value is -3.05. The maximum Gasteiger partial charge on any atom is 0.141 e. The van der Waals surface area contributed by atoms with E-state index in [1.54, 1.807) is 6.07 Å². The number of aromatic amines is 1. The van der Waals surface area contributed by atoms with Crippen molar-refractivity contribution in [2.45, 2.75) is 13.0 Å². The van der Waals surface area contributed by atoms with Gasteiger partial charge in [0.25, 0.3) is 0 Å². The lowest BCUT2D eigenvalue weighted by Crippen LogP contribution is -1.94. The summed E-state index contributed by atoms with van der Waals surface area (Å²) in [7, 11) is 0. The van der Waals surface area contributed by atoms with Gasteiger partial charge in [0.1, 0.15) is 17.8 Å². The van der Waals surface area contributed by atoms with Crippen molar-refractivity contribution in [3.8, 4) is 11.3 Å². The summed E-state index contributed by atoms with van der Waals surface area (Å²) >= 11 is 0. The summed E-state index contributed by atoms with van der Waals surface area (Å²) in [5.74, 6) is -0.249. The number of H-pyrrole nitrogens is 1. The first kappa shape index (κ1) is 15.5. The monoisotopic (exact) mass is 333 g/mol.